The van der Waals surface area contributed by atoms with Crippen LogP contribution in [-0.2, 0) is 11.0 Å². The van der Waals surface area contributed by atoms with Crippen LogP contribution in [0.5, 0.6) is 5.75 Å². The fourth-order valence-corrected chi connectivity index (χ4v) is 2.38. The van der Waals surface area contributed by atoms with E-state index in [2.05, 4.69) is 10.6 Å². The Bertz CT molecular complexity index is 503. The second-order valence-electron chi connectivity index (χ2n) is 5.37. The van der Waals surface area contributed by atoms with Crippen LogP contribution < -0.4 is 15.4 Å². The Hall–Kier alpha value is -1.76. The predicted molar refractivity (Wildman–Crippen MR) is 75.6 cm³/mol. The molecular formula is C15H19F3N2O2. The van der Waals surface area contributed by atoms with Gasteiger partial charge in [-0.3, -0.25) is 4.79 Å². The van der Waals surface area contributed by atoms with Gasteiger partial charge in [-0.15, -0.1) is 0 Å². The molecule has 1 fully saturated rings. The molecule has 122 valence electrons. The van der Waals surface area contributed by atoms with Crippen molar-refractivity contribution in [2.24, 2.45) is 0 Å². The highest BCUT2D eigenvalue weighted by atomic mass is 19.4. The topological polar surface area (TPSA) is 50.4 Å². The molecule has 1 heterocycles. The molecule has 0 radical (unpaired) electrons. The summed E-state index contributed by atoms with van der Waals surface area (Å²) in [4.78, 5) is 11.8. The van der Waals surface area contributed by atoms with E-state index >= 15 is 0 Å². The number of carbonyl (C=O) groups excluding carboxylic acids is 1. The van der Waals surface area contributed by atoms with Crippen molar-refractivity contribution in [2.75, 3.05) is 13.2 Å². The van der Waals surface area contributed by atoms with E-state index in [1.165, 1.54) is 12.1 Å². The molecule has 0 aromatic heterocycles. The number of carbonyl (C=O) groups is 1. The summed E-state index contributed by atoms with van der Waals surface area (Å²) in [5.41, 5.74) is -0.744. The minimum atomic E-state index is -4.37. The number of halogens is 3. The first-order valence-electron chi connectivity index (χ1n) is 7.19. The van der Waals surface area contributed by atoms with Crippen molar-refractivity contribution < 1.29 is 22.7 Å². The number of alkyl halides is 3. The van der Waals surface area contributed by atoms with Crippen molar-refractivity contribution >= 4 is 5.91 Å². The molecule has 1 saturated heterocycles. The maximum Gasteiger partial charge on any atom is 0.416 e. The summed E-state index contributed by atoms with van der Waals surface area (Å²) >= 11 is 0. The van der Waals surface area contributed by atoms with Crippen LogP contribution in [0.2, 0.25) is 0 Å². The van der Waals surface area contributed by atoms with Crippen LogP contribution in [0, 0.1) is 0 Å². The van der Waals surface area contributed by atoms with E-state index in [0.29, 0.717) is 0 Å². The second kappa shape index (κ2) is 7.00. The van der Waals surface area contributed by atoms with Crippen molar-refractivity contribution in [1.82, 2.24) is 10.6 Å². The van der Waals surface area contributed by atoms with Gasteiger partial charge in [0.1, 0.15) is 5.75 Å². The number of amides is 1. The molecule has 0 aliphatic carbocycles. The molecule has 2 unspecified atom stereocenters. The summed E-state index contributed by atoms with van der Waals surface area (Å²) in [5, 5.41) is 6.14. The van der Waals surface area contributed by atoms with Gasteiger partial charge in [0, 0.05) is 12.1 Å². The number of ether oxygens (including phenoxy) is 1. The summed E-state index contributed by atoms with van der Waals surface area (Å²) in [6.07, 6.45) is -2.48. The summed E-state index contributed by atoms with van der Waals surface area (Å²) in [7, 11) is 0. The van der Waals surface area contributed by atoms with E-state index in [0.717, 1.165) is 31.5 Å². The maximum atomic E-state index is 12.4. The molecular weight excluding hydrogens is 297 g/mol. The minimum Gasteiger partial charge on any atom is -0.484 e. The van der Waals surface area contributed by atoms with Crippen LogP contribution in [0.4, 0.5) is 13.2 Å². The average Bonchev–Trinajstić information content (AvgIpc) is 2.47. The van der Waals surface area contributed by atoms with Gasteiger partial charge < -0.3 is 15.4 Å². The van der Waals surface area contributed by atoms with E-state index in [-0.39, 0.29) is 30.3 Å². The van der Waals surface area contributed by atoms with Gasteiger partial charge in [0.2, 0.25) is 0 Å². The zero-order chi connectivity index (χ0) is 16.2. The van der Waals surface area contributed by atoms with Gasteiger partial charge in [0.05, 0.1) is 5.56 Å². The third-order valence-corrected chi connectivity index (χ3v) is 3.66. The van der Waals surface area contributed by atoms with Gasteiger partial charge >= 0.3 is 6.18 Å². The molecule has 1 aliphatic heterocycles. The lowest BCUT2D eigenvalue weighted by molar-refractivity contribution is -0.137. The molecule has 7 heteroatoms. The number of piperidine rings is 1. The Kier molecular flexibility index (Phi) is 5.28. The summed E-state index contributed by atoms with van der Waals surface area (Å²) in [6.45, 7) is 2.73. The number of nitrogens with one attached hydrogen (secondary N) is 2. The van der Waals surface area contributed by atoms with E-state index in [1.807, 2.05) is 6.92 Å². The monoisotopic (exact) mass is 316 g/mol. The van der Waals surface area contributed by atoms with Gasteiger partial charge in [0.15, 0.2) is 6.61 Å². The summed E-state index contributed by atoms with van der Waals surface area (Å²) in [6, 6.07) is 4.53. The van der Waals surface area contributed by atoms with Crippen LogP contribution in [-0.4, -0.2) is 31.1 Å². The number of hydrogen-bond acceptors (Lipinski definition) is 3. The Morgan fingerprint density at radius 2 is 2.05 bits per heavy atom. The molecule has 1 aromatic carbocycles. The SMILES string of the molecule is CC1NCCCC1NC(=O)COc1ccc(C(F)(F)F)cc1. The highest BCUT2D eigenvalue weighted by molar-refractivity contribution is 5.77. The zero-order valence-corrected chi connectivity index (χ0v) is 12.2. The highest BCUT2D eigenvalue weighted by Crippen LogP contribution is 2.30. The van der Waals surface area contributed by atoms with Crippen LogP contribution >= 0.6 is 0 Å². The molecule has 4 nitrogen and oxygen atoms in total. The Morgan fingerprint density at radius 1 is 1.36 bits per heavy atom. The van der Waals surface area contributed by atoms with Crippen LogP contribution in [0.3, 0.4) is 0 Å². The molecule has 1 aliphatic rings. The van der Waals surface area contributed by atoms with Crippen molar-refractivity contribution in [3.8, 4) is 5.75 Å². The fraction of sp³-hybridized carbons (Fsp3) is 0.533. The molecule has 0 saturated carbocycles. The lowest BCUT2D eigenvalue weighted by Gasteiger charge is -2.30. The molecule has 2 N–H and O–H groups in total. The van der Waals surface area contributed by atoms with E-state index in [9.17, 15) is 18.0 Å². The Balaban J connectivity index is 1.81. The lowest BCUT2D eigenvalue weighted by Crippen LogP contribution is -2.52. The van der Waals surface area contributed by atoms with Crippen LogP contribution in [0.25, 0.3) is 0 Å². The summed E-state index contributed by atoms with van der Waals surface area (Å²) in [5.74, 6) is -0.0431. The Morgan fingerprint density at radius 3 is 2.64 bits per heavy atom. The standard InChI is InChI=1S/C15H19F3N2O2/c1-10-13(3-2-8-19-10)20-14(21)9-22-12-6-4-11(5-7-12)15(16,17)18/h4-7,10,13,19H,2-3,8-9H2,1H3,(H,20,21). The first kappa shape index (κ1) is 16.6. The third-order valence-electron chi connectivity index (χ3n) is 3.66. The normalized spacial score (nSPS) is 22.2. The van der Waals surface area contributed by atoms with Crippen LogP contribution in [0.15, 0.2) is 24.3 Å². The molecule has 0 spiro atoms. The zero-order valence-electron chi connectivity index (χ0n) is 12.2. The van der Waals surface area contributed by atoms with Crippen LogP contribution in [0.1, 0.15) is 25.3 Å². The predicted octanol–water partition coefficient (Wildman–Crippen LogP) is 2.34. The largest absolute Gasteiger partial charge is 0.484 e. The van der Waals surface area contributed by atoms with Gasteiger partial charge in [-0.2, -0.15) is 13.2 Å². The molecule has 2 rings (SSSR count). The van der Waals surface area contributed by atoms with Crippen molar-refractivity contribution in [2.45, 2.75) is 38.0 Å². The van der Waals surface area contributed by atoms with Gasteiger partial charge in [-0.05, 0) is 50.6 Å². The minimum absolute atomic E-state index is 0.0532. The molecule has 2 atom stereocenters. The quantitative estimate of drug-likeness (QED) is 0.896. The second-order valence-corrected chi connectivity index (χ2v) is 5.37. The first-order valence-corrected chi connectivity index (χ1v) is 7.19. The smallest absolute Gasteiger partial charge is 0.416 e. The van der Waals surface area contributed by atoms with Gasteiger partial charge in [0.25, 0.3) is 5.91 Å². The van der Waals surface area contributed by atoms with E-state index < -0.39 is 11.7 Å². The molecule has 0 bridgehead atoms. The van der Waals surface area contributed by atoms with Crippen molar-refractivity contribution in [3.05, 3.63) is 29.8 Å². The average molecular weight is 316 g/mol. The van der Waals surface area contributed by atoms with Crippen molar-refractivity contribution in [1.29, 1.82) is 0 Å². The molecule has 22 heavy (non-hydrogen) atoms. The van der Waals surface area contributed by atoms with Gasteiger partial charge in [-0.25, -0.2) is 0 Å². The third kappa shape index (κ3) is 4.62. The van der Waals surface area contributed by atoms with Gasteiger partial charge in [-0.1, -0.05) is 0 Å². The number of hydrogen-bond donors (Lipinski definition) is 2. The molecule has 1 aromatic rings. The van der Waals surface area contributed by atoms with Crippen molar-refractivity contribution in [3.63, 3.8) is 0 Å². The lowest BCUT2D eigenvalue weighted by atomic mass is 10.00. The highest BCUT2D eigenvalue weighted by Gasteiger charge is 2.30. The van der Waals surface area contributed by atoms with E-state index in [1.54, 1.807) is 0 Å². The summed E-state index contributed by atoms with van der Waals surface area (Å²) < 4.78 is 42.5. The maximum absolute atomic E-state index is 12.4. The molecule has 1 amide bonds. The number of benzene rings is 1. The van der Waals surface area contributed by atoms with E-state index in [4.69, 9.17) is 4.74 Å². The Labute approximate surface area is 127 Å². The number of rotatable bonds is 4. The first-order chi connectivity index (χ1) is 10.4. The fourth-order valence-electron chi connectivity index (χ4n) is 2.38.